The summed E-state index contributed by atoms with van der Waals surface area (Å²) in [5.41, 5.74) is 0. The summed E-state index contributed by atoms with van der Waals surface area (Å²) in [5.74, 6) is 0.669. The van der Waals surface area contributed by atoms with Gasteiger partial charge in [0.2, 0.25) is 0 Å². The van der Waals surface area contributed by atoms with E-state index in [1.54, 1.807) is 6.20 Å². The summed E-state index contributed by atoms with van der Waals surface area (Å²) in [4.78, 5) is 0. The zero-order valence-corrected chi connectivity index (χ0v) is 9.50. The van der Waals surface area contributed by atoms with Gasteiger partial charge in [-0.3, -0.25) is 4.68 Å². The zero-order chi connectivity index (χ0) is 10.5. The Morgan fingerprint density at radius 1 is 1.47 bits per heavy atom. The molecule has 7 heteroatoms. The first-order valence-electron chi connectivity index (χ1n) is 4.55. The smallest absolute Gasteiger partial charge is 0.186 e. The number of hydrogen-bond acceptors (Lipinski definition) is 5. The predicted molar refractivity (Wildman–Crippen MR) is 60.3 cm³/mol. The van der Waals surface area contributed by atoms with Crippen LogP contribution in [0.25, 0.3) is 0 Å². The molecule has 2 rings (SSSR count). The van der Waals surface area contributed by atoms with Crippen molar-refractivity contribution in [3.8, 4) is 0 Å². The van der Waals surface area contributed by atoms with Crippen molar-refractivity contribution in [3.63, 3.8) is 0 Å². The van der Waals surface area contributed by atoms with Crippen molar-refractivity contribution in [2.24, 2.45) is 0 Å². The van der Waals surface area contributed by atoms with Gasteiger partial charge in [0.15, 0.2) is 11.0 Å². The maximum atomic E-state index is 5.78. The molecule has 0 amide bonds. The highest BCUT2D eigenvalue weighted by Gasteiger charge is 2.02. The molecule has 0 fully saturated rings. The Balaban J connectivity index is 1.70. The van der Waals surface area contributed by atoms with E-state index >= 15 is 0 Å². The molecule has 0 unspecified atom stereocenters. The first kappa shape index (κ1) is 10.4. The van der Waals surface area contributed by atoms with E-state index in [1.807, 2.05) is 16.9 Å². The highest BCUT2D eigenvalue weighted by atomic mass is 35.5. The van der Waals surface area contributed by atoms with Crippen LogP contribution in [0.1, 0.15) is 6.42 Å². The molecule has 0 spiro atoms. The van der Waals surface area contributed by atoms with E-state index in [0.29, 0.717) is 11.0 Å². The van der Waals surface area contributed by atoms with E-state index in [2.05, 4.69) is 19.2 Å². The third-order valence-electron chi connectivity index (χ3n) is 1.86. The Bertz CT molecular complexity index is 399. The van der Waals surface area contributed by atoms with E-state index in [-0.39, 0.29) is 0 Å². The summed E-state index contributed by atoms with van der Waals surface area (Å²) in [7, 11) is 0. The second kappa shape index (κ2) is 5.09. The highest BCUT2D eigenvalue weighted by molar-refractivity contribution is 6.99. The lowest BCUT2D eigenvalue weighted by atomic mass is 10.4. The number of nitrogens with one attached hydrogen (secondary N) is 1. The molecule has 5 nitrogen and oxygen atoms in total. The van der Waals surface area contributed by atoms with Gasteiger partial charge in [-0.1, -0.05) is 11.6 Å². The van der Waals surface area contributed by atoms with E-state index in [0.717, 1.165) is 31.2 Å². The van der Waals surface area contributed by atoms with Gasteiger partial charge in [0.25, 0.3) is 0 Å². The third kappa shape index (κ3) is 2.90. The molecular weight excluding hydrogens is 234 g/mol. The first-order valence-corrected chi connectivity index (χ1v) is 5.66. The molecule has 0 atom stereocenters. The number of aromatic nitrogens is 4. The summed E-state index contributed by atoms with van der Waals surface area (Å²) < 4.78 is 9.77. The third-order valence-corrected chi connectivity index (χ3v) is 2.76. The molecule has 0 aromatic carbocycles. The monoisotopic (exact) mass is 243 g/mol. The minimum absolute atomic E-state index is 0.444. The zero-order valence-electron chi connectivity index (χ0n) is 7.93. The van der Waals surface area contributed by atoms with Gasteiger partial charge in [0, 0.05) is 25.5 Å². The van der Waals surface area contributed by atoms with E-state index in [9.17, 15) is 0 Å². The van der Waals surface area contributed by atoms with Gasteiger partial charge in [0.05, 0.1) is 11.7 Å². The number of aryl methyl sites for hydroxylation is 1. The lowest BCUT2D eigenvalue weighted by Gasteiger charge is -2.03. The van der Waals surface area contributed by atoms with Gasteiger partial charge in [0.1, 0.15) is 0 Å². The summed E-state index contributed by atoms with van der Waals surface area (Å²) >= 11 is 6.89. The maximum Gasteiger partial charge on any atom is 0.186 e. The predicted octanol–water partition coefficient (Wildman–Crippen LogP) is 1.89. The fourth-order valence-electron chi connectivity index (χ4n) is 1.16. The van der Waals surface area contributed by atoms with Crippen LogP contribution >= 0.6 is 23.3 Å². The summed E-state index contributed by atoms with van der Waals surface area (Å²) in [6.07, 6.45) is 4.68. The summed E-state index contributed by atoms with van der Waals surface area (Å²) in [5, 5.41) is 7.67. The standard InChI is InChI=1S/C8H10ClN5S/c9-7-8(13-15-12-7)10-3-1-5-14-6-2-4-11-14/h2,4,6H,1,3,5H2,(H,10,13). The molecule has 0 aliphatic heterocycles. The lowest BCUT2D eigenvalue weighted by molar-refractivity contribution is 0.591. The molecule has 0 aliphatic rings. The normalized spacial score (nSPS) is 10.5. The molecule has 15 heavy (non-hydrogen) atoms. The molecule has 0 radical (unpaired) electrons. The highest BCUT2D eigenvalue weighted by Crippen LogP contribution is 2.17. The van der Waals surface area contributed by atoms with E-state index in [4.69, 9.17) is 11.6 Å². The van der Waals surface area contributed by atoms with Crippen LogP contribution in [0.15, 0.2) is 18.5 Å². The molecule has 0 bridgehead atoms. The Morgan fingerprint density at radius 3 is 3.07 bits per heavy atom. The van der Waals surface area contributed by atoms with Crippen LogP contribution in [-0.2, 0) is 6.54 Å². The van der Waals surface area contributed by atoms with Crippen LogP contribution < -0.4 is 5.32 Å². The SMILES string of the molecule is Clc1nsnc1NCCCn1cccn1. The Hall–Kier alpha value is -1.14. The average molecular weight is 244 g/mol. The van der Waals surface area contributed by atoms with Crippen LogP contribution in [0.4, 0.5) is 5.82 Å². The Morgan fingerprint density at radius 2 is 2.40 bits per heavy atom. The van der Waals surface area contributed by atoms with Gasteiger partial charge in [-0.15, -0.1) is 0 Å². The second-order valence-electron chi connectivity index (χ2n) is 2.95. The quantitative estimate of drug-likeness (QED) is 0.815. The molecule has 1 N–H and O–H groups in total. The number of hydrogen-bond donors (Lipinski definition) is 1. The second-order valence-corrected chi connectivity index (χ2v) is 3.84. The van der Waals surface area contributed by atoms with E-state index < -0.39 is 0 Å². The Labute approximate surface area is 96.4 Å². The molecule has 2 aromatic heterocycles. The Kier molecular flexibility index (Phi) is 3.52. The van der Waals surface area contributed by atoms with Crippen molar-refractivity contribution in [3.05, 3.63) is 23.6 Å². The largest absolute Gasteiger partial charge is 0.367 e. The van der Waals surface area contributed by atoms with Gasteiger partial charge in [-0.25, -0.2) is 0 Å². The first-order chi connectivity index (χ1) is 7.36. The van der Waals surface area contributed by atoms with Crippen molar-refractivity contribution >= 4 is 29.1 Å². The van der Waals surface area contributed by atoms with Crippen LogP contribution in [0, 0.1) is 0 Å². The van der Waals surface area contributed by atoms with Gasteiger partial charge >= 0.3 is 0 Å². The molecule has 0 saturated heterocycles. The lowest BCUT2D eigenvalue weighted by Crippen LogP contribution is -2.07. The number of halogens is 1. The molecule has 0 saturated carbocycles. The molecule has 2 heterocycles. The van der Waals surface area contributed by atoms with Crippen molar-refractivity contribution < 1.29 is 0 Å². The summed E-state index contributed by atoms with van der Waals surface area (Å²) in [6.45, 7) is 1.69. The minimum Gasteiger partial charge on any atom is -0.367 e. The minimum atomic E-state index is 0.444. The molecule has 0 aliphatic carbocycles. The molecular formula is C8H10ClN5S. The fraction of sp³-hybridized carbons (Fsp3) is 0.375. The van der Waals surface area contributed by atoms with Crippen molar-refractivity contribution in [2.45, 2.75) is 13.0 Å². The summed E-state index contributed by atoms with van der Waals surface area (Å²) in [6, 6.07) is 1.91. The number of anilines is 1. The van der Waals surface area contributed by atoms with Crippen molar-refractivity contribution in [1.29, 1.82) is 0 Å². The molecule has 2 aromatic rings. The van der Waals surface area contributed by atoms with Crippen LogP contribution in [0.5, 0.6) is 0 Å². The van der Waals surface area contributed by atoms with E-state index in [1.165, 1.54) is 0 Å². The van der Waals surface area contributed by atoms with Gasteiger partial charge < -0.3 is 5.32 Å². The van der Waals surface area contributed by atoms with Gasteiger partial charge in [-0.05, 0) is 12.5 Å². The van der Waals surface area contributed by atoms with Crippen molar-refractivity contribution in [2.75, 3.05) is 11.9 Å². The topological polar surface area (TPSA) is 55.6 Å². The van der Waals surface area contributed by atoms with Crippen LogP contribution in [0.2, 0.25) is 5.15 Å². The maximum absolute atomic E-state index is 5.78. The van der Waals surface area contributed by atoms with Crippen LogP contribution in [-0.4, -0.2) is 25.1 Å². The number of nitrogens with zero attached hydrogens (tertiary/aromatic N) is 4. The fourth-order valence-corrected chi connectivity index (χ4v) is 1.85. The van der Waals surface area contributed by atoms with Crippen LogP contribution in [0.3, 0.4) is 0 Å². The van der Waals surface area contributed by atoms with Gasteiger partial charge in [-0.2, -0.15) is 13.8 Å². The number of rotatable bonds is 5. The average Bonchev–Trinajstić information content (AvgIpc) is 2.85. The van der Waals surface area contributed by atoms with Crippen molar-refractivity contribution in [1.82, 2.24) is 18.5 Å². The molecule has 80 valence electrons.